The van der Waals surface area contributed by atoms with Gasteiger partial charge in [0, 0.05) is 17.6 Å². The summed E-state index contributed by atoms with van der Waals surface area (Å²) < 4.78 is 6.79. The Hall–Kier alpha value is -1.81. The molecule has 25 heavy (non-hydrogen) atoms. The highest BCUT2D eigenvalue weighted by Gasteiger charge is 2.27. The number of piperidine rings is 1. The maximum absolute atomic E-state index is 12.6. The quantitative estimate of drug-likeness (QED) is 0.726. The van der Waals surface area contributed by atoms with Crippen LogP contribution in [0.3, 0.4) is 0 Å². The molecule has 3 nitrogen and oxygen atoms in total. The average Bonchev–Trinajstić information content (AvgIpc) is 2.64. The van der Waals surface area contributed by atoms with Crippen LogP contribution in [0.2, 0.25) is 0 Å². The van der Waals surface area contributed by atoms with Gasteiger partial charge >= 0.3 is 0 Å². The van der Waals surface area contributed by atoms with E-state index in [-0.39, 0.29) is 5.91 Å². The molecule has 0 radical (unpaired) electrons. The molecule has 0 saturated carbocycles. The zero-order chi connectivity index (χ0) is 17.6. The first kappa shape index (κ1) is 18.0. The minimum atomic E-state index is -0.452. The molecular weight excluding hydrogens is 378 g/mol. The molecule has 1 fully saturated rings. The van der Waals surface area contributed by atoms with Crippen molar-refractivity contribution in [2.24, 2.45) is 5.92 Å². The van der Waals surface area contributed by atoms with Crippen molar-refractivity contribution in [3.05, 3.63) is 64.6 Å². The number of hydrogen-bond donors (Lipinski definition) is 0. The number of carbonyl (C=O) groups excluding carboxylic acids is 1. The van der Waals surface area contributed by atoms with E-state index in [0.717, 1.165) is 42.6 Å². The summed E-state index contributed by atoms with van der Waals surface area (Å²) in [4.78, 5) is 14.6. The van der Waals surface area contributed by atoms with Crippen molar-refractivity contribution in [3.63, 3.8) is 0 Å². The van der Waals surface area contributed by atoms with Gasteiger partial charge in [0.2, 0.25) is 0 Å². The molecule has 1 atom stereocenters. The third-order valence-electron chi connectivity index (χ3n) is 4.77. The molecule has 1 aliphatic rings. The van der Waals surface area contributed by atoms with Crippen LogP contribution in [-0.4, -0.2) is 30.0 Å². The fourth-order valence-corrected chi connectivity index (χ4v) is 3.59. The molecule has 0 bridgehead atoms. The number of nitrogens with zero attached hydrogens (tertiary/aromatic N) is 1. The Morgan fingerprint density at radius 1 is 1.12 bits per heavy atom. The van der Waals surface area contributed by atoms with Crippen LogP contribution in [0, 0.1) is 5.92 Å². The van der Waals surface area contributed by atoms with Crippen molar-refractivity contribution >= 4 is 21.8 Å². The smallest absolute Gasteiger partial charge is 0.263 e. The second-order valence-electron chi connectivity index (χ2n) is 6.67. The Bertz CT molecular complexity index is 679. The SMILES string of the molecule is C[C@H](Oc1ccc(Br)cc1)C(=O)N1CCC(Cc2ccccc2)CC1. The van der Waals surface area contributed by atoms with E-state index in [1.807, 2.05) is 36.1 Å². The number of hydrogen-bond acceptors (Lipinski definition) is 2. The highest BCUT2D eigenvalue weighted by atomic mass is 79.9. The molecule has 132 valence electrons. The Labute approximate surface area is 158 Å². The van der Waals surface area contributed by atoms with Gasteiger partial charge in [0.25, 0.3) is 5.91 Å². The first-order valence-corrected chi connectivity index (χ1v) is 9.66. The minimum Gasteiger partial charge on any atom is -0.481 e. The van der Waals surface area contributed by atoms with Crippen molar-refractivity contribution in [2.45, 2.75) is 32.3 Å². The first-order chi connectivity index (χ1) is 12.1. The van der Waals surface area contributed by atoms with Gasteiger partial charge in [-0.25, -0.2) is 0 Å². The predicted molar refractivity (Wildman–Crippen MR) is 104 cm³/mol. The Morgan fingerprint density at radius 2 is 1.76 bits per heavy atom. The summed E-state index contributed by atoms with van der Waals surface area (Å²) in [5.41, 5.74) is 1.39. The van der Waals surface area contributed by atoms with Crippen molar-refractivity contribution in [3.8, 4) is 5.75 Å². The van der Waals surface area contributed by atoms with Gasteiger partial charge in [0.05, 0.1) is 0 Å². The van der Waals surface area contributed by atoms with E-state index in [0.29, 0.717) is 5.92 Å². The summed E-state index contributed by atoms with van der Waals surface area (Å²) in [5, 5.41) is 0. The molecule has 1 aliphatic heterocycles. The highest BCUT2D eigenvalue weighted by Crippen LogP contribution is 2.23. The van der Waals surface area contributed by atoms with E-state index >= 15 is 0 Å². The van der Waals surface area contributed by atoms with Crippen LogP contribution < -0.4 is 4.74 Å². The predicted octanol–water partition coefficient (Wildman–Crippen LogP) is 4.70. The fourth-order valence-electron chi connectivity index (χ4n) is 3.33. The highest BCUT2D eigenvalue weighted by molar-refractivity contribution is 9.10. The van der Waals surface area contributed by atoms with Gasteiger partial charge in [0.15, 0.2) is 6.10 Å². The molecule has 0 unspecified atom stereocenters. The van der Waals surface area contributed by atoms with Crippen LogP contribution in [0.5, 0.6) is 5.75 Å². The summed E-state index contributed by atoms with van der Waals surface area (Å²) >= 11 is 3.40. The van der Waals surface area contributed by atoms with Gasteiger partial charge in [0.1, 0.15) is 5.75 Å². The summed E-state index contributed by atoms with van der Waals surface area (Å²) in [6.07, 6.45) is 2.78. The van der Waals surface area contributed by atoms with Gasteiger partial charge in [-0.3, -0.25) is 4.79 Å². The van der Waals surface area contributed by atoms with Gasteiger partial charge in [-0.2, -0.15) is 0 Å². The van der Waals surface area contributed by atoms with E-state index in [9.17, 15) is 4.79 Å². The number of halogens is 1. The Kier molecular flexibility index (Phi) is 6.14. The normalized spacial score (nSPS) is 16.5. The molecule has 2 aromatic rings. The second kappa shape index (κ2) is 8.52. The Morgan fingerprint density at radius 3 is 2.40 bits per heavy atom. The molecule has 1 heterocycles. The lowest BCUT2D eigenvalue weighted by Gasteiger charge is -2.33. The first-order valence-electron chi connectivity index (χ1n) is 8.87. The standard InChI is InChI=1S/C21H24BrNO2/c1-16(25-20-9-7-19(22)8-10-20)21(24)23-13-11-18(12-14-23)15-17-5-3-2-4-6-17/h2-10,16,18H,11-15H2,1H3/t16-/m0/s1. The van der Waals surface area contributed by atoms with Crippen LogP contribution in [0.1, 0.15) is 25.3 Å². The third kappa shape index (κ3) is 5.08. The van der Waals surface area contributed by atoms with Crippen molar-refractivity contribution < 1.29 is 9.53 Å². The molecule has 4 heteroatoms. The monoisotopic (exact) mass is 401 g/mol. The summed E-state index contributed by atoms with van der Waals surface area (Å²) in [6, 6.07) is 18.2. The van der Waals surface area contributed by atoms with Crippen LogP contribution in [0.25, 0.3) is 0 Å². The second-order valence-corrected chi connectivity index (χ2v) is 7.59. The summed E-state index contributed by atoms with van der Waals surface area (Å²) in [6.45, 7) is 3.48. The van der Waals surface area contributed by atoms with Crippen molar-refractivity contribution in [2.75, 3.05) is 13.1 Å². The number of likely N-dealkylation sites (tertiary alicyclic amines) is 1. The number of amides is 1. The number of benzene rings is 2. The van der Waals surface area contributed by atoms with E-state index in [2.05, 4.69) is 46.3 Å². The van der Waals surface area contributed by atoms with Gasteiger partial charge in [-0.05, 0) is 61.9 Å². The minimum absolute atomic E-state index is 0.0843. The maximum Gasteiger partial charge on any atom is 0.263 e. The molecule has 3 rings (SSSR count). The van der Waals surface area contributed by atoms with E-state index in [1.165, 1.54) is 5.56 Å². The van der Waals surface area contributed by atoms with Crippen molar-refractivity contribution in [1.82, 2.24) is 4.90 Å². The Balaban J connectivity index is 1.48. The van der Waals surface area contributed by atoms with Crippen LogP contribution in [0.15, 0.2) is 59.1 Å². The molecule has 0 spiro atoms. The molecule has 1 amide bonds. The van der Waals surface area contributed by atoms with Gasteiger partial charge in [-0.15, -0.1) is 0 Å². The van der Waals surface area contributed by atoms with Crippen LogP contribution in [0.4, 0.5) is 0 Å². The molecular formula is C21H24BrNO2. The number of carbonyl (C=O) groups is 1. The lowest BCUT2D eigenvalue weighted by molar-refractivity contribution is -0.139. The van der Waals surface area contributed by atoms with Gasteiger partial charge in [-0.1, -0.05) is 46.3 Å². The van der Waals surface area contributed by atoms with Crippen LogP contribution >= 0.6 is 15.9 Å². The molecule has 2 aromatic carbocycles. The zero-order valence-electron chi connectivity index (χ0n) is 14.5. The topological polar surface area (TPSA) is 29.5 Å². The fraction of sp³-hybridized carbons (Fsp3) is 0.381. The summed E-state index contributed by atoms with van der Waals surface area (Å²) in [5.74, 6) is 1.47. The lowest BCUT2D eigenvalue weighted by atomic mass is 9.90. The maximum atomic E-state index is 12.6. The molecule has 1 saturated heterocycles. The van der Waals surface area contributed by atoms with E-state index < -0.39 is 6.10 Å². The molecule has 0 N–H and O–H groups in total. The lowest BCUT2D eigenvalue weighted by Crippen LogP contribution is -2.45. The number of ether oxygens (including phenoxy) is 1. The van der Waals surface area contributed by atoms with E-state index in [1.54, 1.807) is 0 Å². The van der Waals surface area contributed by atoms with Crippen LogP contribution in [-0.2, 0) is 11.2 Å². The zero-order valence-corrected chi connectivity index (χ0v) is 16.1. The number of rotatable bonds is 5. The average molecular weight is 402 g/mol. The van der Waals surface area contributed by atoms with Gasteiger partial charge < -0.3 is 9.64 Å². The molecule has 0 aromatic heterocycles. The summed E-state index contributed by atoms with van der Waals surface area (Å²) in [7, 11) is 0. The van der Waals surface area contributed by atoms with Crippen molar-refractivity contribution in [1.29, 1.82) is 0 Å². The largest absolute Gasteiger partial charge is 0.481 e. The molecule has 0 aliphatic carbocycles. The third-order valence-corrected chi connectivity index (χ3v) is 5.30. The van der Waals surface area contributed by atoms with E-state index in [4.69, 9.17) is 4.74 Å².